The van der Waals surface area contributed by atoms with Gasteiger partial charge in [-0.1, -0.05) is 18.2 Å². The van der Waals surface area contributed by atoms with Crippen molar-refractivity contribution in [2.75, 3.05) is 32.0 Å². The summed E-state index contributed by atoms with van der Waals surface area (Å²) in [6, 6.07) is 15.5. The Morgan fingerprint density at radius 2 is 1.82 bits per heavy atom. The molecule has 2 N–H and O–H groups in total. The molecule has 172 valence electrons. The highest BCUT2D eigenvalue weighted by Gasteiger charge is 2.46. The van der Waals surface area contributed by atoms with Gasteiger partial charge in [0.1, 0.15) is 6.61 Å². The van der Waals surface area contributed by atoms with Crippen LogP contribution in [-0.2, 0) is 16.6 Å². The molecule has 0 radical (unpaired) electrons. The maximum atomic E-state index is 12.2. The number of hydrogen-bond acceptors (Lipinski definition) is 6. The van der Waals surface area contributed by atoms with Gasteiger partial charge in [0.05, 0.1) is 17.7 Å². The first-order valence-corrected chi connectivity index (χ1v) is 12.5. The summed E-state index contributed by atoms with van der Waals surface area (Å²) in [4.78, 5) is 15.5. The minimum atomic E-state index is -0.148. The summed E-state index contributed by atoms with van der Waals surface area (Å²) >= 11 is 1.81. The molecule has 3 fully saturated rings. The number of benzene rings is 2. The molecule has 8 heteroatoms. The number of aryl methyl sites for hydroxylation is 1. The normalized spacial score (nSPS) is 21.2. The number of fused-ring (bicyclic) bond motifs is 1. The van der Waals surface area contributed by atoms with E-state index in [4.69, 9.17) is 10.5 Å². The van der Waals surface area contributed by atoms with Crippen LogP contribution in [0.2, 0.25) is 0 Å². The lowest BCUT2D eigenvalue weighted by Crippen LogP contribution is -2.58. The van der Waals surface area contributed by atoms with E-state index in [2.05, 4.69) is 50.7 Å². The van der Waals surface area contributed by atoms with Crippen molar-refractivity contribution < 1.29 is 9.53 Å². The Labute approximate surface area is 198 Å². The molecular weight excluding hydrogens is 434 g/mol. The number of ether oxygens (including phenoxy) is 1. The average molecular weight is 464 g/mol. The molecule has 0 unspecified atom stereocenters. The third-order valence-electron chi connectivity index (χ3n) is 7.20. The number of anilines is 1. The minimum absolute atomic E-state index is 0.148. The average Bonchev–Trinajstić information content (AvgIpc) is 3.64. The van der Waals surface area contributed by atoms with E-state index >= 15 is 0 Å². The summed E-state index contributed by atoms with van der Waals surface area (Å²) in [7, 11) is 1.92. The number of nitrogen functional groups attached to an aromatic ring is 1. The third-order valence-corrected chi connectivity index (χ3v) is 8.31. The smallest absolute Gasteiger partial charge is 0.248 e. The monoisotopic (exact) mass is 463 g/mol. The number of nitrogens with two attached hydrogens (primary N) is 1. The van der Waals surface area contributed by atoms with Gasteiger partial charge >= 0.3 is 0 Å². The number of amides is 1. The van der Waals surface area contributed by atoms with Crippen molar-refractivity contribution in [3.8, 4) is 11.1 Å². The molecule has 1 spiro atoms. The third kappa shape index (κ3) is 4.00. The van der Waals surface area contributed by atoms with Crippen LogP contribution in [0.5, 0.6) is 0 Å². The van der Waals surface area contributed by atoms with Crippen molar-refractivity contribution >= 4 is 34.6 Å². The van der Waals surface area contributed by atoms with Crippen LogP contribution in [0.4, 0.5) is 5.82 Å². The molecule has 2 aromatic carbocycles. The topological polar surface area (TPSA) is 76.6 Å². The quantitative estimate of drug-likeness (QED) is 0.595. The highest BCUT2D eigenvalue weighted by molar-refractivity contribution is 7.97. The largest absolute Gasteiger partial charge is 0.382 e. The molecule has 2 saturated heterocycles. The number of carbonyl (C=O) groups is 1. The highest BCUT2D eigenvalue weighted by atomic mass is 32.2. The van der Waals surface area contributed by atoms with Gasteiger partial charge in [0.25, 0.3) is 0 Å². The second-order valence-electron chi connectivity index (χ2n) is 9.51. The van der Waals surface area contributed by atoms with Crippen LogP contribution in [0.15, 0.2) is 47.4 Å². The van der Waals surface area contributed by atoms with Crippen LogP contribution >= 0.6 is 11.9 Å². The Bertz CT molecular complexity index is 1200. The minimum Gasteiger partial charge on any atom is -0.382 e. The number of hydrogen-bond donors (Lipinski definition) is 1. The lowest BCUT2D eigenvalue weighted by atomic mass is 9.90. The Kier molecular flexibility index (Phi) is 5.12. The Hall–Kier alpha value is -2.55. The van der Waals surface area contributed by atoms with Crippen molar-refractivity contribution in [1.82, 2.24) is 19.0 Å². The molecule has 1 aromatic heterocycles. The number of aromatic nitrogens is 2. The van der Waals surface area contributed by atoms with Crippen LogP contribution < -0.4 is 5.73 Å². The second-order valence-corrected chi connectivity index (χ2v) is 10.7. The van der Waals surface area contributed by atoms with Crippen LogP contribution in [0.1, 0.15) is 25.7 Å². The maximum absolute atomic E-state index is 12.2. The molecule has 0 atom stereocenters. The van der Waals surface area contributed by atoms with Gasteiger partial charge in [-0.3, -0.25) is 9.48 Å². The predicted octanol–water partition coefficient (Wildman–Crippen LogP) is 3.69. The van der Waals surface area contributed by atoms with Crippen molar-refractivity contribution in [2.45, 2.75) is 42.2 Å². The van der Waals surface area contributed by atoms with E-state index in [1.807, 2.05) is 29.7 Å². The van der Waals surface area contributed by atoms with Gasteiger partial charge in [0, 0.05) is 36.5 Å². The fourth-order valence-electron chi connectivity index (χ4n) is 5.07. The van der Waals surface area contributed by atoms with E-state index < -0.39 is 0 Å². The first-order valence-electron chi connectivity index (χ1n) is 11.7. The molecule has 6 rings (SSSR count). The summed E-state index contributed by atoms with van der Waals surface area (Å²) in [6.07, 6.45) is 4.26. The molecule has 3 aliphatic rings. The highest BCUT2D eigenvalue weighted by Crippen LogP contribution is 2.38. The van der Waals surface area contributed by atoms with Gasteiger partial charge in [0.15, 0.2) is 5.82 Å². The summed E-state index contributed by atoms with van der Waals surface area (Å²) < 4.78 is 10.3. The van der Waals surface area contributed by atoms with E-state index in [9.17, 15) is 4.79 Å². The van der Waals surface area contributed by atoms with Crippen LogP contribution in [0.25, 0.3) is 22.0 Å². The van der Waals surface area contributed by atoms with Crippen LogP contribution in [0, 0.1) is 0 Å². The van der Waals surface area contributed by atoms with Gasteiger partial charge in [-0.25, -0.2) is 4.31 Å². The van der Waals surface area contributed by atoms with Gasteiger partial charge in [-0.15, -0.1) is 0 Å². The van der Waals surface area contributed by atoms with Crippen molar-refractivity contribution in [1.29, 1.82) is 0 Å². The van der Waals surface area contributed by atoms with Crippen LogP contribution in [-0.4, -0.2) is 62.8 Å². The first kappa shape index (κ1) is 21.0. The summed E-state index contributed by atoms with van der Waals surface area (Å²) in [5.74, 6) is 0.741. The number of carbonyl (C=O) groups excluding carboxylic acids is 1. The molecule has 33 heavy (non-hydrogen) atoms. The number of morpholine rings is 1. The SMILES string of the molecule is Cn1nc(N)c2ccc(-c3ccc(SN4CCC5(CC4)CN(C4CC4)C(=O)CO5)cc3)cc21. The lowest BCUT2D eigenvalue weighted by Gasteiger charge is -2.46. The lowest BCUT2D eigenvalue weighted by molar-refractivity contribution is -0.170. The van der Waals surface area contributed by atoms with E-state index in [0.29, 0.717) is 11.9 Å². The van der Waals surface area contributed by atoms with Crippen molar-refractivity contribution in [3.63, 3.8) is 0 Å². The fraction of sp³-hybridized carbons (Fsp3) is 0.440. The fourth-order valence-corrected chi connectivity index (χ4v) is 5.99. The number of rotatable bonds is 4. The summed E-state index contributed by atoms with van der Waals surface area (Å²) in [5, 5.41) is 5.30. The van der Waals surface area contributed by atoms with Gasteiger partial charge in [-0.05, 0) is 73.0 Å². The maximum Gasteiger partial charge on any atom is 0.248 e. The Morgan fingerprint density at radius 3 is 2.55 bits per heavy atom. The van der Waals surface area contributed by atoms with Crippen LogP contribution in [0.3, 0.4) is 0 Å². The zero-order valence-electron chi connectivity index (χ0n) is 18.9. The van der Waals surface area contributed by atoms with E-state index in [-0.39, 0.29) is 18.1 Å². The van der Waals surface area contributed by atoms with Crippen molar-refractivity contribution in [2.24, 2.45) is 7.05 Å². The predicted molar refractivity (Wildman–Crippen MR) is 131 cm³/mol. The van der Waals surface area contributed by atoms with Crippen molar-refractivity contribution in [3.05, 3.63) is 42.5 Å². The first-order chi connectivity index (χ1) is 16.0. The second kappa shape index (κ2) is 8.04. The molecule has 1 amide bonds. The Balaban J connectivity index is 1.09. The summed E-state index contributed by atoms with van der Waals surface area (Å²) in [6.45, 7) is 2.97. The molecule has 1 saturated carbocycles. The molecule has 7 nitrogen and oxygen atoms in total. The van der Waals surface area contributed by atoms with E-state index in [0.717, 1.165) is 61.8 Å². The molecule has 3 aromatic rings. The van der Waals surface area contributed by atoms with E-state index in [1.165, 1.54) is 10.5 Å². The summed E-state index contributed by atoms with van der Waals surface area (Å²) in [5.41, 5.74) is 9.21. The number of nitrogens with zero attached hydrogens (tertiary/aromatic N) is 4. The van der Waals surface area contributed by atoms with E-state index in [1.54, 1.807) is 0 Å². The molecular formula is C25H29N5O2S. The Morgan fingerprint density at radius 1 is 1.09 bits per heavy atom. The zero-order chi connectivity index (χ0) is 22.6. The standard InChI is InChI=1S/C25H29N5O2S/c1-28-22-14-18(4-9-21(22)24(26)27-28)17-2-7-20(8-3-17)33-29-12-10-25(11-13-29)16-30(19-5-6-19)23(31)15-32-25/h2-4,7-9,14,19H,5-6,10-13,15-16H2,1H3,(H2,26,27). The van der Waals surface area contributed by atoms with Gasteiger partial charge in [-0.2, -0.15) is 5.10 Å². The molecule has 2 aliphatic heterocycles. The van der Waals surface area contributed by atoms with Gasteiger partial charge in [0.2, 0.25) is 5.91 Å². The number of piperidine rings is 1. The molecule has 1 aliphatic carbocycles. The molecule has 0 bridgehead atoms. The molecule has 3 heterocycles. The van der Waals surface area contributed by atoms with Gasteiger partial charge < -0.3 is 15.4 Å². The zero-order valence-corrected chi connectivity index (χ0v) is 19.7.